The van der Waals surface area contributed by atoms with Gasteiger partial charge in [-0.2, -0.15) is 5.10 Å². The summed E-state index contributed by atoms with van der Waals surface area (Å²) in [6.07, 6.45) is 1.46. The Morgan fingerprint density at radius 3 is 2.81 bits per heavy atom. The summed E-state index contributed by atoms with van der Waals surface area (Å²) in [5.74, 6) is 0.531. The van der Waals surface area contributed by atoms with Gasteiger partial charge in [0.2, 0.25) is 0 Å². The van der Waals surface area contributed by atoms with Gasteiger partial charge >= 0.3 is 0 Å². The van der Waals surface area contributed by atoms with Crippen LogP contribution in [0.25, 0.3) is 0 Å². The number of rotatable bonds is 7. The lowest BCUT2D eigenvalue weighted by Gasteiger charge is -2.08. The molecule has 2 N–H and O–H groups in total. The van der Waals surface area contributed by atoms with Crippen molar-refractivity contribution in [2.24, 2.45) is 5.10 Å². The Bertz CT molecular complexity index is 833. The molecule has 0 spiro atoms. The summed E-state index contributed by atoms with van der Waals surface area (Å²) in [7, 11) is 0. The first-order valence-corrected chi connectivity index (χ1v) is 9.70. The number of hydrogen-bond acceptors (Lipinski definition) is 5. The van der Waals surface area contributed by atoms with Gasteiger partial charge in [0.15, 0.2) is 18.1 Å². The second-order valence-electron chi connectivity index (χ2n) is 4.94. The van der Waals surface area contributed by atoms with E-state index in [-0.39, 0.29) is 12.4 Å². The van der Waals surface area contributed by atoms with Gasteiger partial charge in [0.1, 0.15) is 5.75 Å². The molecule has 0 aliphatic heterocycles. The van der Waals surface area contributed by atoms with Gasteiger partial charge < -0.3 is 14.6 Å². The predicted molar refractivity (Wildman–Crippen MR) is 112 cm³/mol. The lowest BCUT2D eigenvalue weighted by Crippen LogP contribution is -2.24. The number of nitrogens with one attached hydrogen (secondary N) is 1. The molecule has 0 unspecified atom stereocenters. The van der Waals surface area contributed by atoms with E-state index in [0.29, 0.717) is 36.7 Å². The molecule has 2 aromatic carbocycles. The number of amides is 1. The first kappa shape index (κ1) is 20.8. The molecule has 0 atom stereocenters. The highest BCUT2D eigenvalue weighted by molar-refractivity contribution is 14.1. The number of aromatic hydroxyl groups is 1. The van der Waals surface area contributed by atoms with Gasteiger partial charge in [-0.1, -0.05) is 11.6 Å². The van der Waals surface area contributed by atoms with Crippen molar-refractivity contribution in [1.29, 1.82) is 0 Å². The number of phenolic OH excluding ortho intramolecular Hbond substituents is 1. The molecule has 6 nitrogen and oxygen atoms in total. The zero-order chi connectivity index (χ0) is 19.1. The van der Waals surface area contributed by atoms with Gasteiger partial charge in [-0.3, -0.25) is 4.79 Å². The minimum Gasteiger partial charge on any atom is -0.504 e. The third-order valence-corrected chi connectivity index (χ3v) is 4.68. The van der Waals surface area contributed by atoms with Crippen molar-refractivity contribution in [2.75, 3.05) is 13.2 Å². The van der Waals surface area contributed by atoms with Crippen molar-refractivity contribution in [2.45, 2.75) is 6.92 Å². The van der Waals surface area contributed by atoms with E-state index < -0.39 is 5.91 Å². The number of ether oxygens (including phenoxy) is 2. The van der Waals surface area contributed by atoms with E-state index in [1.54, 1.807) is 30.3 Å². The summed E-state index contributed by atoms with van der Waals surface area (Å²) in [5, 5.41) is 14.4. The molecule has 26 heavy (non-hydrogen) atoms. The van der Waals surface area contributed by atoms with Crippen molar-refractivity contribution in [3.63, 3.8) is 0 Å². The first-order valence-electron chi connectivity index (χ1n) is 7.45. The maximum absolute atomic E-state index is 11.8. The van der Waals surface area contributed by atoms with Gasteiger partial charge in [0.25, 0.3) is 5.91 Å². The van der Waals surface area contributed by atoms with Crippen LogP contribution < -0.4 is 14.9 Å². The molecule has 0 saturated carbocycles. The Kier molecular flexibility index (Phi) is 7.98. The maximum Gasteiger partial charge on any atom is 0.277 e. The van der Waals surface area contributed by atoms with Crippen LogP contribution in [0.5, 0.6) is 17.2 Å². The zero-order valence-corrected chi connectivity index (χ0v) is 18.1. The van der Waals surface area contributed by atoms with Crippen molar-refractivity contribution in [1.82, 2.24) is 5.43 Å². The molecule has 2 rings (SSSR count). The largest absolute Gasteiger partial charge is 0.504 e. The molecule has 0 saturated heterocycles. The highest BCUT2D eigenvalue weighted by atomic mass is 127. The Hall–Kier alpha value is -1.52. The summed E-state index contributed by atoms with van der Waals surface area (Å²) < 4.78 is 12.0. The Morgan fingerprint density at radius 2 is 2.12 bits per heavy atom. The van der Waals surface area contributed by atoms with Gasteiger partial charge in [-0.15, -0.1) is 0 Å². The lowest BCUT2D eigenvalue weighted by atomic mass is 10.2. The van der Waals surface area contributed by atoms with Crippen LogP contribution in [0.1, 0.15) is 12.5 Å². The van der Waals surface area contributed by atoms with E-state index in [9.17, 15) is 9.90 Å². The standard InChI is InChI=1S/C17H15BrClIN2O4/c1-2-25-15-6-10(5-13(20)17(15)24)8-21-22-16(23)9-26-14-4-3-11(19)7-12(14)18/h3-8,24H,2,9H2,1H3,(H,22,23). The van der Waals surface area contributed by atoms with E-state index in [1.807, 2.05) is 29.5 Å². The van der Waals surface area contributed by atoms with Crippen LogP contribution in [-0.4, -0.2) is 30.4 Å². The Labute approximate surface area is 177 Å². The molecule has 0 radical (unpaired) electrons. The number of hydrogen-bond donors (Lipinski definition) is 2. The molecular weight excluding hydrogens is 538 g/mol. The fourth-order valence-corrected chi connectivity index (χ4v) is 3.30. The van der Waals surface area contributed by atoms with Gasteiger partial charge in [0, 0.05) is 5.02 Å². The Balaban J connectivity index is 1.92. The smallest absolute Gasteiger partial charge is 0.277 e. The summed E-state index contributed by atoms with van der Waals surface area (Å²) in [6.45, 7) is 2.06. The van der Waals surface area contributed by atoms with Crippen molar-refractivity contribution < 1.29 is 19.4 Å². The fourth-order valence-electron chi connectivity index (χ4n) is 1.88. The lowest BCUT2D eigenvalue weighted by molar-refractivity contribution is -0.123. The molecule has 0 bridgehead atoms. The monoisotopic (exact) mass is 552 g/mol. The molecule has 0 aliphatic carbocycles. The Morgan fingerprint density at radius 1 is 1.35 bits per heavy atom. The predicted octanol–water partition coefficient (Wildman–Crippen LogP) is 4.34. The molecule has 138 valence electrons. The maximum atomic E-state index is 11.8. The molecular formula is C17H15BrClIN2O4. The van der Waals surface area contributed by atoms with Crippen LogP contribution in [0.3, 0.4) is 0 Å². The second-order valence-corrected chi connectivity index (χ2v) is 7.39. The average molecular weight is 554 g/mol. The summed E-state index contributed by atoms with van der Waals surface area (Å²) in [4.78, 5) is 11.8. The van der Waals surface area contributed by atoms with Crippen LogP contribution in [0, 0.1) is 3.57 Å². The number of benzene rings is 2. The number of halogens is 3. The molecule has 0 fully saturated rings. The van der Waals surface area contributed by atoms with Gasteiger partial charge in [-0.05, 0) is 81.3 Å². The van der Waals surface area contributed by atoms with Crippen LogP contribution in [0.15, 0.2) is 39.9 Å². The van der Waals surface area contributed by atoms with E-state index in [0.717, 1.165) is 0 Å². The highest BCUT2D eigenvalue weighted by Crippen LogP contribution is 2.32. The minimum atomic E-state index is -0.415. The number of carbonyl (C=O) groups excluding carboxylic acids is 1. The molecule has 0 aromatic heterocycles. The number of nitrogens with zero attached hydrogens (tertiary/aromatic N) is 1. The third kappa shape index (κ3) is 6.03. The number of hydrazone groups is 1. The van der Waals surface area contributed by atoms with Crippen LogP contribution in [-0.2, 0) is 4.79 Å². The van der Waals surface area contributed by atoms with Gasteiger partial charge in [-0.25, -0.2) is 5.43 Å². The molecule has 0 aliphatic rings. The van der Waals surface area contributed by atoms with E-state index in [4.69, 9.17) is 21.1 Å². The summed E-state index contributed by atoms with van der Waals surface area (Å²) >= 11 is 11.2. The highest BCUT2D eigenvalue weighted by Gasteiger charge is 2.09. The van der Waals surface area contributed by atoms with Crippen LogP contribution in [0.2, 0.25) is 5.02 Å². The number of carbonyl (C=O) groups is 1. The topological polar surface area (TPSA) is 80.2 Å². The van der Waals surface area contributed by atoms with Crippen molar-refractivity contribution in [3.05, 3.63) is 49.0 Å². The van der Waals surface area contributed by atoms with Crippen molar-refractivity contribution in [3.8, 4) is 17.2 Å². The van der Waals surface area contributed by atoms with Crippen molar-refractivity contribution >= 4 is 62.2 Å². The normalized spacial score (nSPS) is 10.8. The second kappa shape index (κ2) is 9.98. The molecule has 0 heterocycles. The summed E-state index contributed by atoms with van der Waals surface area (Å²) in [6, 6.07) is 8.36. The van der Waals surface area contributed by atoms with Crippen LogP contribution >= 0.6 is 50.1 Å². The van der Waals surface area contributed by atoms with Crippen LogP contribution in [0.4, 0.5) is 0 Å². The first-order chi connectivity index (χ1) is 12.4. The molecule has 1 amide bonds. The molecule has 9 heteroatoms. The minimum absolute atomic E-state index is 0.0792. The van der Waals surface area contributed by atoms with E-state index >= 15 is 0 Å². The SMILES string of the molecule is CCOc1cc(C=NNC(=O)COc2ccc(Cl)cc2Br)cc(I)c1O. The quantitative estimate of drug-likeness (QED) is 0.304. The van der Waals surface area contributed by atoms with E-state index in [2.05, 4.69) is 26.5 Å². The zero-order valence-electron chi connectivity index (χ0n) is 13.6. The summed E-state index contributed by atoms with van der Waals surface area (Å²) in [5.41, 5.74) is 3.05. The average Bonchev–Trinajstić information content (AvgIpc) is 2.58. The fraction of sp³-hybridized carbons (Fsp3) is 0.176. The third-order valence-electron chi connectivity index (χ3n) is 3.01. The van der Waals surface area contributed by atoms with E-state index in [1.165, 1.54) is 6.21 Å². The number of phenols is 1. The molecule has 2 aromatic rings. The van der Waals surface area contributed by atoms with Gasteiger partial charge in [0.05, 0.1) is 20.9 Å².